The van der Waals surface area contributed by atoms with Gasteiger partial charge in [0.2, 0.25) is 10.0 Å². The first kappa shape index (κ1) is 18.8. The lowest BCUT2D eigenvalue weighted by atomic mass is 10.1. The zero-order valence-electron chi connectivity index (χ0n) is 14.4. The van der Waals surface area contributed by atoms with Crippen molar-refractivity contribution < 1.29 is 26.4 Å². The summed E-state index contributed by atoms with van der Waals surface area (Å²) in [7, 11) is -3.84. The first-order valence-corrected chi connectivity index (χ1v) is 10.1. The minimum absolute atomic E-state index is 0.0249. The molecule has 1 aliphatic carbocycles. The maximum atomic E-state index is 13.3. The molecule has 28 heavy (non-hydrogen) atoms. The SMILES string of the molecule is O=C(Nc1cc(F)c(F)c(F)c1)c1ccc2c(c1)S(=O)(=O)N[C@H]1CCC[C@H]1N2. The van der Waals surface area contributed by atoms with Crippen molar-refractivity contribution in [1.29, 1.82) is 0 Å². The quantitative estimate of drug-likeness (QED) is 0.663. The Morgan fingerprint density at radius 3 is 2.43 bits per heavy atom. The fourth-order valence-electron chi connectivity index (χ4n) is 3.57. The summed E-state index contributed by atoms with van der Waals surface area (Å²) in [5.74, 6) is -5.32. The van der Waals surface area contributed by atoms with Crippen LogP contribution in [0.5, 0.6) is 0 Å². The Kier molecular flexibility index (Phi) is 4.54. The fraction of sp³-hybridized carbons (Fsp3) is 0.278. The van der Waals surface area contributed by atoms with E-state index in [9.17, 15) is 26.4 Å². The molecule has 0 saturated heterocycles. The smallest absolute Gasteiger partial charge is 0.255 e. The summed E-state index contributed by atoms with van der Waals surface area (Å²) in [6.07, 6.45) is 2.46. The number of hydrogen-bond acceptors (Lipinski definition) is 4. The van der Waals surface area contributed by atoms with E-state index in [1.165, 1.54) is 18.2 Å². The second-order valence-electron chi connectivity index (χ2n) is 6.83. The topological polar surface area (TPSA) is 87.3 Å². The number of sulfonamides is 1. The van der Waals surface area contributed by atoms with Crippen LogP contribution in [-0.2, 0) is 10.0 Å². The van der Waals surface area contributed by atoms with Crippen molar-refractivity contribution in [3.63, 3.8) is 0 Å². The van der Waals surface area contributed by atoms with E-state index < -0.39 is 33.4 Å². The molecule has 2 aliphatic rings. The number of halogens is 3. The first-order valence-electron chi connectivity index (χ1n) is 8.63. The van der Waals surface area contributed by atoms with Crippen LogP contribution < -0.4 is 15.4 Å². The molecule has 2 aromatic rings. The highest BCUT2D eigenvalue weighted by atomic mass is 32.2. The molecule has 0 unspecified atom stereocenters. The fourth-order valence-corrected chi connectivity index (χ4v) is 5.08. The van der Waals surface area contributed by atoms with Gasteiger partial charge in [0.05, 0.1) is 5.69 Å². The average Bonchev–Trinajstić information content (AvgIpc) is 3.01. The third-order valence-electron chi connectivity index (χ3n) is 4.94. The molecule has 1 saturated carbocycles. The second-order valence-corrected chi connectivity index (χ2v) is 8.51. The molecule has 0 radical (unpaired) electrons. The van der Waals surface area contributed by atoms with E-state index in [0.717, 1.165) is 19.3 Å². The lowest BCUT2D eigenvalue weighted by Gasteiger charge is -2.17. The first-order chi connectivity index (χ1) is 13.2. The van der Waals surface area contributed by atoms with Gasteiger partial charge in [-0.25, -0.2) is 26.3 Å². The molecule has 4 rings (SSSR count). The number of fused-ring (bicyclic) bond motifs is 2. The molecule has 0 aromatic heterocycles. The van der Waals surface area contributed by atoms with Crippen molar-refractivity contribution in [2.75, 3.05) is 10.6 Å². The van der Waals surface area contributed by atoms with Gasteiger partial charge in [0.25, 0.3) is 5.91 Å². The Bertz CT molecular complexity index is 1050. The highest BCUT2D eigenvalue weighted by Gasteiger charge is 2.36. The van der Waals surface area contributed by atoms with Crippen molar-refractivity contribution >= 4 is 27.3 Å². The number of carbonyl (C=O) groups is 1. The van der Waals surface area contributed by atoms with Gasteiger partial charge in [-0.15, -0.1) is 0 Å². The van der Waals surface area contributed by atoms with Gasteiger partial charge in [0.1, 0.15) is 4.90 Å². The maximum Gasteiger partial charge on any atom is 0.255 e. The van der Waals surface area contributed by atoms with Crippen molar-refractivity contribution in [1.82, 2.24) is 4.72 Å². The molecule has 2 atom stereocenters. The Hall–Kier alpha value is -2.59. The van der Waals surface area contributed by atoms with Crippen LogP contribution in [0, 0.1) is 17.5 Å². The minimum atomic E-state index is -3.84. The van der Waals surface area contributed by atoms with Crippen LogP contribution in [0.2, 0.25) is 0 Å². The van der Waals surface area contributed by atoms with Gasteiger partial charge in [0, 0.05) is 35.5 Å². The third kappa shape index (κ3) is 3.33. The molecule has 1 fully saturated rings. The largest absolute Gasteiger partial charge is 0.380 e. The summed E-state index contributed by atoms with van der Waals surface area (Å²) < 4.78 is 67.7. The van der Waals surface area contributed by atoms with Gasteiger partial charge < -0.3 is 10.6 Å². The summed E-state index contributed by atoms with van der Waals surface area (Å²) in [6.45, 7) is 0. The molecule has 1 heterocycles. The summed E-state index contributed by atoms with van der Waals surface area (Å²) in [5, 5.41) is 5.44. The molecular weight excluding hydrogens is 395 g/mol. The van der Waals surface area contributed by atoms with E-state index in [0.29, 0.717) is 17.8 Å². The number of carbonyl (C=O) groups excluding carboxylic acids is 1. The predicted molar refractivity (Wildman–Crippen MR) is 96.1 cm³/mol. The lowest BCUT2D eigenvalue weighted by Crippen LogP contribution is -2.40. The van der Waals surface area contributed by atoms with E-state index in [1.807, 2.05) is 0 Å². The Morgan fingerprint density at radius 2 is 1.71 bits per heavy atom. The monoisotopic (exact) mass is 411 g/mol. The van der Waals surface area contributed by atoms with Crippen molar-refractivity contribution in [3.8, 4) is 0 Å². The van der Waals surface area contributed by atoms with Gasteiger partial charge in [0.15, 0.2) is 17.5 Å². The third-order valence-corrected chi connectivity index (χ3v) is 6.47. The van der Waals surface area contributed by atoms with Crippen LogP contribution in [0.4, 0.5) is 24.5 Å². The molecule has 10 heteroatoms. The van der Waals surface area contributed by atoms with Crippen molar-refractivity contribution in [2.45, 2.75) is 36.2 Å². The Balaban J connectivity index is 1.65. The van der Waals surface area contributed by atoms with Crippen LogP contribution >= 0.6 is 0 Å². The van der Waals surface area contributed by atoms with Gasteiger partial charge in [-0.05, 0) is 37.5 Å². The van der Waals surface area contributed by atoms with Gasteiger partial charge >= 0.3 is 0 Å². The summed E-state index contributed by atoms with van der Waals surface area (Å²) >= 11 is 0. The number of nitrogens with one attached hydrogen (secondary N) is 3. The van der Waals surface area contributed by atoms with Gasteiger partial charge in [-0.2, -0.15) is 0 Å². The van der Waals surface area contributed by atoms with Crippen LogP contribution in [0.25, 0.3) is 0 Å². The van der Waals surface area contributed by atoms with E-state index >= 15 is 0 Å². The van der Waals surface area contributed by atoms with E-state index in [-0.39, 0.29) is 28.2 Å². The van der Waals surface area contributed by atoms with Gasteiger partial charge in [-0.1, -0.05) is 0 Å². The second kappa shape index (κ2) is 6.78. The van der Waals surface area contributed by atoms with Crippen molar-refractivity contribution in [3.05, 3.63) is 53.3 Å². The number of hydrogen-bond donors (Lipinski definition) is 3. The number of amides is 1. The highest BCUT2D eigenvalue weighted by Crippen LogP contribution is 2.32. The number of benzene rings is 2. The predicted octanol–water partition coefficient (Wildman–Crippen LogP) is 2.98. The standard InChI is InChI=1S/C18H16F3N3O3S/c19-11-7-10(8-12(20)17(11)21)22-18(25)9-4-5-15-16(6-9)28(26,27)24-14-3-1-2-13(14)23-15/h4-8,13-14,23-24H,1-3H2,(H,22,25)/t13-,14+/m1/s1. The molecule has 1 amide bonds. The van der Waals surface area contributed by atoms with Crippen molar-refractivity contribution in [2.24, 2.45) is 0 Å². The van der Waals surface area contributed by atoms with Crippen LogP contribution in [0.1, 0.15) is 29.6 Å². The van der Waals surface area contributed by atoms with Crippen LogP contribution in [-0.4, -0.2) is 26.4 Å². The van der Waals surface area contributed by atoms with E-state index in [1.54, 1.807) is 0 Å². The zero-order valence-corrected chi connectivity index (χ0v) is 15.2. The van der Waals surface area contributed by atoms with E-state index in [4.69, 9.17) is 0 Å². The summed E-state index contributed by atoms with van der Waals surface area (Å²) in [4.78, 5) is 12.3. The average molecular weight is 411 g/mol. The molecule has 0 spiro atoms. The Labute approximate surface area is 159 Å². The lowest BCUT2D eigenvalue weighted by molar-refractivity contribution is 0.102. The molecule has 3 N–H and O–H groups in total. The summed E-state index contributed by atoms with van der Waals surface area (Å²) in [5.41, 5.74) is 0.0745. The molecule has 1 aliphatic heterocycles. The summed E-state index contributed by atoms with van der Waals surface area (Å²) in [6, 6.07) is 5.11. The maximum absolute atomic E-state index is 13.3. The highest BCUT2D eigenvalue weighted by molar-refractivity contribution is 7.89. The minimum Gasteiger partial charge on any atom is -0.380 e. The van der Waals surface area contributed by atoms with Crippen LogP contribution in [0.3, 0.4) is 0 Å². The molecular formula is C18H16F3N3O3S. The van der Waals surface area contributed by atoms with Crippen LogP contribution in [0.15, 0.2) is 35.2 Å². The zero-order chi connectivity index (χ0) is 20.1. The normalized spacial score (nSPS) is 22.5. The molecule has 6 nitrogen and oxygen atoms in total. The van der Waals surface area contributed by atoms with E-state index in [2.05, 4.69) is 15.4 Å². The molecule has 148 valence electrons. The van der Waals surface area contributed by atoms with Gasteiger partial charge in [-0.3, -0.25) is 4.79 Å². The number of anilines is 2. The molecule has 2 aromatic carbocycles. The number of rotatable bonds is 2. The molecule has 0 bridgehead atoms. The Morgan fingerprint density at radius 1 is 1.04 bits per heavy atom.